The summed E-state index contributed by atoms with van der Waals surface area (Å²) in [5.74, 6) is -0.962. The SMILES string of the molecule is CCCC/C=C\C/C=C\CCCCCCCC(=O)O[C@@H](COC(=O)CCCC/C=C\C/C=C\C/C=C\CCCCC)COC(=O)CCCCCCC/C=C\CCCCCC. The van der Waals surface area contributed by atoms with Crippen molar-refractivity contribution in [3.8, 4) is 0 Å². The highest BCUT2D eigenvalue weighted by molar-refractivity contribution is 5.71. The fraction of sp³-hybridized carbons (Fsp3) is 0.722. The first-order valence-corrected chi connectivity index (χ1v) is 24.9. The predicted octanol–water partition coefficient (Wildman–Crippen LogP) is 16.3. The summed E-state index contributed by atoms with van der Waals surface area (Å²) in [5, 5.41) is 0. The second-order valence-electron chi connectivity index (χ2n) is 16.4. The van der Waals surface area contributed by atoms with E-state index in [1.807, 2.05) is 0 Å². The fourth-order valence-corrected chi connectivity index (χ4v) is 6.58. The maximum atomic E-state index is 12.8. The molecule has 0 aliphatic carbocycles. The highest BCUT2D eigenvalue weighted by Gasteiger charge is 2.19. The normalized spacial score (nSPS) is 12.7. The van der Waals surface area contributed by atoms with E-state index in [0.29, 0.717) is 19.3 Å². The van der Waals surface area contributed by atoms with Crippen molar-refractivity contribution in [2.45, 2.75) is 239 Å². The Labute approximate surface area is 370 Å². The van der Waals surface area contributed by atoms with Crippen LogP contribution in [0.15, 0.2) is 72.9 Å². The number of esters is 3. The summed E-state index contributed by atoms with van der Waals surface area (Å²) in [6.45, 7) is 6.49. The Kier molecular flexibility index (Phi) is 46.0. The molecule has 0 N–H and O–H groups in total. The minimum atomic E-state index is -0.800. The molecule has 6 nitrogen and oxygen atoms in total. The van der Waals surface area contributed by atoms with Gasteiger partial charge in [0.1, 0.15) is 13.2 Å². The van der Waals surface area contributed by atoms with Gasteiger partial charge < -0.3 is 14.2 Å². The second-order valence-corrected chi connectivity index (χ2v) is 16.4. The number of ether oxygens (including phenoxy) is 3. The molecule has 0 rings (SSSR count). The molecule has 344 valence electrons. The lowest BCUT2D eigenvalue weighted by atomic mass is 10.1. The Morgan fingerprint density at radius 3 is 1.07 bits per heavy atom. The summed E-state index contributed by atoms with van der Waals surface area (Å²) in [5.41, 5.74) is 0. The molecule has 0 radical (unpaired) electrons. The van der Waals surface area contributed by atoms with Gasteiger partial charge in [-0.2, -0.15) is 0 Å². The number of allylic oxidation sites excluding steroid dienone is 12. The molecule has 1 atom stereocenters. The Bertz CT molecular complexity index is 1140. The quantitative estimate of drug-likeness (QED) is 0.0263. The van der Waals surface area contributed by atoms with Crippen LogP contribution >= 0.6 is 0 Å². The van der Waals surface area contributed by atoms with Crippen LogP contribution in [-0.4, -0.2) is 37.2 Å². The van der Waals surface area contributed by atoms with Gasteiger partial charge in [0.2, 0.25) is 0 Å². The smallest absolute Gasteiger partial charge is 0.306 e. The van der Waals surface area contributed by atoms with Crippen LogP contribution < -0.4 is 0 Å². The standard InChI is InChI=1S/C54H92O6/c1-4-7-10-13-16-19-22-25-27-30-32-35-38-41-44-47-53(56)59-50-51(49-58-52(55)46-43-40-37-34-31-28-24-21-18-15-12-9-6-3)60-54(57)48-45-42-39-36-33-29-26-23-20-17-14-11-8-5-2/h14,16-17,19,21,23-27,32,35,51H,4-13,15,18,20,22,28-31,33-34,36-50H2,1-3H3/b17-14-,19-16-,24-21-,26-23-,27-25-,35-32-/t51-/m1/s1. The van der Waals surface area contributed by atoms with Gasteiger partial charge in [0.15, 0.2) is 6.10 Å². The van der Waals surface area contributed by atoms with Gasteiger partial charge >= 0.3 is 17.9 Å². The topological polar surface area (TPSA) is 78.9 Å². The Hall–Kier alpha value is -3.15. The van der Waals surface area contributed by atoms with Crippen molar-refractivity contribution in [1.29, 1.82) is 0 Å². The third-order valence-corrected chi connectivity index (χ3v) is 10.4. The minimum Gasteiger partial charge on any atom is -0.462 e. The first-order valence-electron chi connectivity index (χ1n) is 24.9. The summed E-state index contributed by atoms with van der Waals surface area (Å²) < 4.78 is 16.7. The highest BCUT2D eigenvalue weighted by Crippen LogP contribution is 2.13. The van der Waals surface area contributed by atoms with Crippen LogP contribution in [0.1, 0.15) is 233 Å². The van der Waals surface area contributed by atoms with Crippen molar-refractivity contribution in [1.82, 2.24) is 0 Å². The Balaban J connectivity index is 4.49. The molecule has 0 saturated heterocycles. The van der Waals surface area contributed by atoms with Gasteiger partial charge in [-0.3, -0.25) is 14.4 Å². The third kappa shape index (κ3) is 45.9. The van der Waals surface area contributed by atoms with E-state index in [4.69, 9.17) is 14.2 Å². The number of hydrogen-bond donors (Lipinski definition) is 0. The number of hydrogen-bond acceptors (Lipinski definition) is 6. The lowest BCUT2D eigenvalue weighted by Gasteiger charge is -2.18. The predicted molar refractivity (Wildman–Crippen MR) is 256 cm³/mol. The van der Waals surface area contributed by atoms with E-state index in [-0.39, 0.29) is 31.1 Å². The third-order valence-electron chi connectivity index (χ3n) is 10.4. The van der Waals surface area contributed by atoms with Crippen molar-refractivity contribution in [3.05, 3.63) is 72.9 Å². The molecule has 0 bridgehead atoms. The summed E-state index contributed by atoms with van der Waals surface area (Å²) in [6, 6.07) is 0. The van der Waals surface area contributed by atoms with Crippen LogP contribution in [0.3, 0.4) is 0 Å². The van der Waals surface area contributed by atoms with E-state index in [0.717, 1.165) is 103 Å². The summed E-state index contributed by atoms with van der Waals surface area (Å²) in [6.07, 6.45) is 60.2. The van der Waals surface area contributed by atoms with Crippen LogP contribution in [0, 0.1) is 0 Å². The van der Waals surface area contributed by atoms with E-state index >= 15 is 0 Å². The average Bonchev–Trinajstić information content (AvgIpc) is 3.24. The summed E-state index contributed by atoms with van der Waals surface area (Å²) in [4.78, 5) is 37.9. The zero-order valence-electron chi connectivity index (χ0n) is 39.2. The van der Waals surface area contributed by atoms with Crippen LogP contribution in [0.5, 0.6) is 0 Å². The summed E-state index contributed by atoms with van der Waals surface area (Å²) in [7, 11) is 0. The number of rotatable bonds is 44. The van der Waals surface area contributed by atoms with Gasteiger partial charge in [-0.05, 0) is 109 Å². The number of unbranched alkanes of at least 4 members (excludes halogenated alkanes) is 21. The van der Waals surface area contributed by atoms with Gasteiger partial charge in [-0.25, -0.2) is 0 Å². The largest absolute Gasteiger partial charge is 0.462 e. The van der Waals surface area contributed by atoms with Gasteiger partial charge in [0.05, 0.1) is 0 Å². The van der Waals surface area contributed by atoms with Crippen LogP contribution in [0.2, 0.25) is 0 Å². The van der Waals surface area contributed by atoms with E-state index < -0.39 is 6.10 Å². The lowest BCUT2D eigenvalue weighted by Crippen LogP contribution is -2.30. The van der Waals surface area contributed by atoms with Crippen LogP contribution in [0.4, 0.5) is 0 Å². The maximum Gasteiger partial charge on any atom is 0.306 e. The van der Waals surface area contributed by atoms with Crippen molar-refractivity contribution in [2.24, 2.45) is 0 Å². The van der Waals surface area contributed by atoms with Gasteiger partial charge in [0, 0.05) is 19.3 Å². The molecule has 0 aromatic carbocycles. The zero-order valence-corrected chi connectivity index (χ0v) is 39.2. The number of carbonyl (C=O) groups is 3. The molecule has 6 heteroatoms. The molecule has 0 amide bonds. The van der Waals surface area contributed by atoms with E-state index in [9.17, 15) is 14.4 Å². The molecule has 0 aromatic rings. The second kappa shape index (κ2) is 48.5. The molecule has 0 heterocycles. The molecule has 0 aliphatic rings. The molecule has 60 heavy (non-hydrogen) atoms. The Morgan fingerprint density at radius 1 is 0.333 bits per heavy atom. The van der Waals surface area contributed by atoms with E-state index in [1.165, 1.54) is 89.9 Å². The molecule has 0 aliphatic heterocycles. The fourth-order valence-electron chi connectivity index (χ4n) is 6.58. The van der Waals surface area contributed by atoms with Gasteiger partial charge in [-0.1, -0.05) is 177 Å². The number of carbonyl (C=O) groups excluding carboxylic acids is 3. The average molecular weight is 837 g/mol. The molecule has 0 spiro atoms. The van der Waals surface area contributed by atoms with E-state index in [2.05, 4.69) is 93.7 Å². The van der Waals surface area contributed by atoms with Crippen molar-refractivity contribution >= 4 is 17.9 Å². The lowest BCUT2D eigenvalue weighted by molar-refractivity contribution is -0.167. The first-order chi connectivity index (χ1) is 29.5. The van der Waals surface area contributed by atoms with Crippen LogP contribution in [0.25, 0.3) is 0 Å². The van der Waals surface area contributed by atoms with Gasteiger partial charge in [-0.15, -0.1) is 0 Å². The Morgan fingerprint density at radius 2 is 0.617 bits per heavy atom. The maximum absolute atomic E-state index is 12.8. The minimum absolute atomic E-state index is 0.0980. The van der Waals surface area contributed by atoms with E-state index in [1.54, 1.807) is 0 Å². The molecular formula is C54H92O6. The molecule has 0 saturated carbocycles. The molecular weight excluding hydrogens is 745 g/mol. The highest BCUT2D eigenvalue weighted by atomic mass is 16.6. The van der Waals surface area contributed by atoms with Gasteiger partial charge in [0.25, 0.3) is 0 Å². The summed E-state index contributed by atoms with van der Waals surface area (Å²) >= 11 is 0. The van der Waals surface area contributed by atoms with Crippen molar-refractivity contribution in [2.75, 3.05) is 13.2 Å². The van der Waals surface area contributed by atoms with Crippen molar-refractivity contribution < 1.29 is 28.6 Å². The van der Waals surface area contributed by atoms with Crippen LogP contribution in [-0.2, 0) is 28.6 Å². The molecule has 0 aromatic heterocycles. The van der Waals surface area contributed by atoms with Crippen molar-refractivity contribution in [3.63, 3.8) is 0 Å². The zero-order chi connectivity index (χ0) is 43.7. The first kappa shape index (κ1) is 56.9. The monoisotopic (exact) mass is 837 g/mol. The molecule has 0 fully saturated rings. The molecule has 0 unspecified atom stereocenters.